The number of H-pyrrole nitrogens is 1. The Labute approximate surface area is 132 Å². The van der Waals surface area contributed by atoms with Gasteiger partial charge >= 0.3 is 0 Å². The highest BCUT2D eigenvalue weighted by Crippen LogP contribution is 2.31. The fourth-order valence-electron chi connectivity index (χ4n) is 3.52. The van der Waals surface area contributed by atoms with Crippen LogP contribution in [0.25, 0.3) is 10.9 Å². The number of imide groups is 1. The van der Waals surface area contributed by atoms with E-state index in [1.54, 1.807) is 7.05 Å². The van der Waals surface area contributed by atoms with Crippen LogP contribution < -0.4 is 0 Å². The Morgan fingerprint density at radius 2 is 2.14 bits per heavy atom. The summed E-state index contributed by atoms with van der Waals surface area (Å²) in [6, 6.07) is 5.52. The highest BCUT2D eigenvalue weighted by molar-refractivity contribution is 6.31. The molecule has 2 aliphatic rings. The monoisotopic (exact) mass is 317 g/mol. The molecule has 114 valence electrons. The molecule has 1 atom stereocenters. The van der Waals surface area contributed by atoms with E-state index in [1.807, 2.05) is 18.2 Å². The van der Waals surface area contributed by atoms with Gasteiger partial charge in [0.1, 0.15) is 0 Å². The number of nitrogens with one attached hydrogen (secondary N) is 1. The smallest absolute Gasteiger partial charge is 0.246 e. The first-order chi connectivity index (χ1) is 10.5. The molecule has 2 amide bonds. The van der Waals surface area contributed by atoms with Gasteiger partial charge in [-0.2, -0.15) is 0 Å². The summed E-state index contributed by atoms with van der Waals surface area (Å²) in [5.41, 5.74) is 3.47. The second-order valence-corrected chi connectivity index (χ2v) is 6.44. The van der Waals surface area contributed by atoms with E-state index in [0.717, 1.165) is 34.6 Å². The van der Waals surface area contributed by atoms with Gasteiger partial charge in [0.15, 0.2) is 0 Å². The molecule has 3 heterocycles. The standard InChI is InChI=1S/C16H16ClN3O2/c1-19-15(21)7-14(16(19)22)20-5-4-10-11-6-9(17)2-3-12(11)18-13(10)8-20/h2-3,6,14,18H,4-5,7-8H2,1H3/t14-/m0/s1. The summed E-state index contributed by atoms with van der Waals surface area (Å²) in [5, 5.41) is 1.89. The molecule has 0 radical (unpaired) electrons. The lowest BCUT2D eigenvalue weighted by Gasteiger charge is -2.30. The lowest BCUT2D eigenvalue weighted by molar-refractivity contribution is -0.138. The van der Waals surface area contributed by atoms with Crippen molar-refractivity contribution in [2.24, 2.45) is 0 Å². The lowest BCUT2D eigenvalue weighted by Crippen LogP contribution is -2.43. The molecule has 0 bridgehead atoms. The van der Waals surface area contributed by atoms with Crippen molar-refractivity contribution in [2.75, 3.05) is 13.6 Å². The van der Waals surface area contributed by atoms with Gasteiger partial charge in [-0.3, -0.25) is 19.4 Å². The zero-order valence-corrected chi connectivity index (χ0v) is 13.0. The van der Waals surface area contributed by atoms with Crippen molar-refractivity contribution in [3.05, 3.63) is 34.5 Å². The minimum atomic E-state index is -0.319. The van der Waals surface area contributed by atoms with Crippen LogP contribution in [0.15, 0.2) is 18.2 Å². The van der Waals surface area contributed by atoms with E-state index in [9.17, 15) is 9.59 Å². The fraction of sp³-hybridized carbons (Fsp3) is 0.375. The molecule has 0 unspecified atom stereocenters. The van der Waals surface area contributed by atoms with Crippen LogP contribution in [0, 0.1) is 0 Å². The number of nitrogens with zero attached hydrogens (tertiary/aromatic N) is 2. The number of aromatic nitrogens is 1. The Morgan fingerprint density at radius 3 is 2.86 bits per heavy atom. The number of likely N-dealkylation sites (N-methyl/N-ethyl adjacent to an activating group) is 1. The molecular formula is C16H16ClN3O2. The Balaban J connectivity index is 1.66. The number of carbonyl (C=O) groups excluding carboxylic acids is 2. The molecule has 1 aromatic carbocycles. The van der Waals surface area contributed by atoms with Gasteiger partial charge in [-0.05, 0) is 30.2 Å². The van der Waals surface area contributed by atoms with Crippen LogP contribution in [-0.4, -0.2) is 46.2 Å². The van der Waals surface area contributed by atoms with Gasteiger partial charge in [0.2, 0.25) is 11.8 Å². The summed E-state index contributed by atoms with van der Waals surface area (Å²) in [6.45, 7) is 1.45. The van der Waals surface area contributed by atoms with Crippen LogP contribution >= 0.6 is 11.6 Å². The Kier molecular flexibility index (Phi) is 3.03. The van der Waals surface area contributed by atoms with E-state index < -0.39 is 0 Å². The van der Waals surface area contributed by atoms with Crippen molar-refractivity contribution in [1.82, 2.24) is 14.8 Å². The topological polar surface area (TPSA) is 56.4 Å². The molecular weight excluding hydrogens is 302 g/mol. The molecule has 22 heavy (non-hydrogen) atoms. The largest absolute Gasteiger partial charge is 0.357 e. The van der Waals surface area contributed by atoms with Crippen LogP contribution in [0.5, 0.6) is 0 Å². The van der Waals surface area contributed by atoms with Gasteiger partial charge in [0.05, 0.1) is 12.5 Å². The average Bonchev–Trinajstić information content (AvgIpc) is 2.99. The number of carbonyl (C=O) groups is 2. The zero-order valence-electron chi connectivity index (χ0n) is 12.2. The first-order valence-electron chi connectivity index (χ1n) is 7.38. The summed E-state index contributed by atoms with van der Waals surface area (Å²) in [5.74, 6) is -0.183. The Bertz CT molecular complexity index is 798. The van der Waals surface area contributed by atoms with Gasteiger partial charge in [-0.1, -0.05) is 11.6 Å². The predicted molar refractivity (Wildman–Crippen MR) is 83.6 cm³/mol. The number of aromatic amines is 1. The molecule has 4 rings (SSSR count). The van der Waals surface area contributed by atoms with E-state index in [0.29, 0.717) is 6.54 Å². The van der Waals surface area contributed by atoms with Gasteiger partial charge < -0.3 is 4.98 Å². The highest BCUT2D eigenvalue weighted by atomic mass is 35.5. The molecule has 0 aliphatic carbocycles. The summed E-state index contributed by atoms with van der Waals surface area (Å²) >= 11 is 6.09. The van der Waals surface area contributed by atoms with Gasteiger partial charge in [-0.15, -0.1) is 0 Å². The molecule has 0 spiro atoms. The third kappa shape index (κ3) is 1.96. The Morgan fingerprint density at radius 1 is 1.32 bits per heavy atom. The third-order valence-electron chi connectivity index (χ3n) is 4.77. The molecule has 1 aromatic heterocycles. The van der Waals surface area contributed by atoms with Crippen molar-refractivity contribution in [3.8, 4) is 0 Å². The van der Waals surface area contributed by atoms with E-state index in [2.05, 4.69) is 9.88 Å². The number of likely N-dealkylation sites (tertiary alicyclic amines) is 1. The summed E-state index contributed by atoms with van der Waals surface area (Å²) in [6.07, 6.45) is 1.15. The minimum Gasteiger partial charge on any atom is -0.357 e. The average molecular weight is 318 g/mol. The third-order valence-corrected chi connectivity index (χ3v) is 5.00. The van der Waals surface area contributed by atoms with E-state index in [1.165, 1.54) is 10.5 Å². The molecule has 1 saturated heterocycles. The van der Waals surface area contributed by atoms with Crippen molar-refractivity contribution in [2.45, 2.75) is 25.4 Å². The van der Waals surface area contributed by atoms with Gasteiger partial charge in [-0.25, -0.2) is 0 Å². The SMILES string of the molecule is CN1C(=O)C[C@H](N2CCc3c([nH]c4ccc(Cl)cc34)C2)C1=O. The molecule has 1 fully saturated rings. The first-order valence-corrected chi connectivity index (χ1v) is 7.76. The minimum absolute atomic E-state index is 0.0902. The summed E-state index contributed by atoms with van der Waals surface area (Å²) < 4.78 is 0. The highest BCUT2D eigenvalue weighted by Gasteiger charge is 2.41. The maximum atomic E-state index is 12.2. The number of hydrogen-bond acceptors (Lipinski definition) is 3. The van der Waals surface area contributed by atoms with Crippen LogP contribution in [-0.2, 0) is 22.6 Å². The number of halogens is 1. The molecule has 6 heteroatoms. The van der Waals surface area contributed by atoms with Crippen molar-refractivity contribution in [3.63, 3.8) is 0 Å². The molecule has 0 saturated carbocycles. The lowest BCUT2D eigenvalue weighted by atomic mass is 10.0. The maximum Gasteiger partial charge on any atom is 0.246 e. The van der Waals surface area contributed by atoms with Crippen LogP contribution in [0.3, 0.4) is 0 Å². The fourth-order valence-corrected chi connectivity index (χ4v) is 3.69. The van der Waals surface area contributed by atoms with Crippen LogP contribution in [0.2, 0.25) is 5.02 Å². The maximum absolute atomic E-state index is 12.2. The predicted octanol–water partition coefficient (Wildman–Crippen LogP) is 1.94. The summed E-state index contributed by atoms with van der Waals surface area (Å²) in [7, 11) is 1.56. The van der Waals surface area contributed by atoms with Crippen molar-refractivity contribution in [1.29, 1.82) is 0 Å². The quantitative estimate of drug-likeness (QED) is 0.818. The number of fused-ring (bicyclic) bond motifs is 3. The number of rotatable bonds is 1. The van der Waals surface area contributed by atoms with Crippen molar-refractivity contribution < 1.29 is 9.59 Å². The summed E-state index contributed by atoms with van der Waals surface area (Å²) in [4.78, 5) is 30.7. The molecule has 5 nitrogen and oxygen atoms in total. The first kappa shape index (κ1) is 13.8. The van der Waals surface area contributed by atoms with E-state index in [-0.39, 0.29) is 24.3 Å². The van der Waals surface area contributed by atoms with Crippen LogP contribution in [0.1, 0.15) is 17.7 Å². The normalized spacial score (nSPS) is 22.6. The van der Waals surface area contributed by atoms with Gasteiger partial charge in [0.25, 0.3) is 0 Å². The second-order valence-electron chi connectivity index (χ2n) is 6.00. The molecule has 1 N–H and O–H groups in total. The second kappa shape index (κ2) is 4.83. The molecule has 2 aromatic rings. The number of hydrogen-bond donors (Lipinski definition) is 1. The van der Waals surface area contributed by atoms with E-state index in [4.69, 9.17) is 11.6 Å². The number of benzene rings is 1. The molecule has 2 aliphatic heterocycles. The van der Waals surface area contributed by atoms with Gasteiger partial charge in [0, 0.05) is 41.8 Å². The van der Waals surface area contributed by atoms with Crippen LogP contribution in [0.4, 0.5) is 0 Å². The van der Waals surface area contributed by atoms with E-state index >= 15 is 0 Å². The van der Waals surface area contributed by atoms with Crippen molar-refractivity contribution >= 4 is 34.3 Å². The Hall–Kier alpha value is -1.85. The zero-order chi connectivity index (χ0) is 15.4. The number of amides is 2.